The number of thioether (sulfide) groups is 1. The zero-order valence-corrected chi connectivity index (χ0v) is 11.7. The van der Waals surface area contributed by atoms with Crippen LogP contribution in [0.25, 0.3) is 0 Å². The molecule has 0 heterocycles. The Balaban J connectivity index is 2.06. The van der Waals surface area contributed by atoms with E-state index in [2.05, 4.69) is 0 Å². The van der Waals surface area contributed by atoms with E-state index in [1.54, 1.807) is 36.0 Å². The van der Waals surface area contributed by atoms with Crippen molar-refractivity contribution in [1.29, 1.82) is 0 Å². The van der Waals surface area contributed by atoms with Crippen LogP contribution in [-0.4, -0.2) is 6.29 Å². The Morgan fingerprint density at radius 1 is 1.06 bits per heavy atom. The molecular formula is C14H10Cl2OS. The molecule has 2 aromatic carbocycles. The number of carbonyl (C=O) groups excluding carboxylic acids is 1. The molecule has 18 heavy (non-hydrogen) atoms. The molecule has 0 saturated heterocycles. The standard InChI is InChI=1S/C14H10Cl2OS/c15-12-3-6-14(16)11(7-12)9-18-13-4-1-10(8-17)2-5-13/h1-8H,9H2. The van der Waals surface area contributed by atoms with E-state index in [4.69, 9.17) is 23.2 Å². The second-order valence-electron chi connectivity index (χ2n) is 3.71. The molecule has 0 atom stereocenters. The molecule has 2 rings (SSSR count). The van der Waals surface area contributed by atoms with Crippen molar-refractivity contribution in [1.82, 2.24) is 0 Å². The number of rotatable bonds is 4. The summed E-state index contributed by atoms with van der Waals surface area (Å²) in [7, 11) is 0. The van der Waals surface area contributed by atoms with Crippen LogP contribution in [-0.2, 0) is 5.75 Å². The number of hydrogen-bond donors (Lipinski definition) is 0. The third kappa shape index (κ3) is 3.52. The first-order chi connectivity index (χ1) is 8.69. The van der Waals surface area contributed by atoms with Crippen molar-refractivity contribution in [2.45, 2.75) is 10.6 Å². The second kappa shape index (κ2) is 6.28. The van der Waals surface area contributed by atoms with E-state index in [1.165, 1.54) is 0 Å². The highest BCUT2D eigenvalue weighted by Crippen LogP contribution is 2.28. The summed E-state index contributed by atoms with van der Waals surface area (Å²) in [5.74, 6) is 0.750. The lowest BCUT2D eigenvalue weighted by Crippen LogP contribution is -1.84. The number of aldehydes is 1. The highest BCUT2D eigenvalue weighted by molar-refractivity contribution is 7.98. The number of benzene rings is 2. The van der Waals surface area contributed by atoms with E-state index in [0.29, 0.717) is 10.6 Å². The molecule has 4 heteroatoms. The third-order valence-electron chi connectivity index (χ3n) is 2.42. The number of hydrogen-bond acceptors (Lipinski definition) is 2. The predicted molar refractivity (Wildman–Crippen MR) is 77.9 cm³/mol. The molecular weight excluding hydrogens is 287 g/mol. The second-order valence-corrected chi connectivity index (χ2v) is 5.60. The van der Waals surface area contributed by atoms with Crippen LogP contribution in [0.3, 0.4) is 0 Å². The van der Waals surface area contributed by atoms with Crippen LogP contribution in [0.1, 0.15) is 15.9 Å². The summed E-state index contributed by atoms with van der Waals surface area (Å²) in [4.78, 5) is 11.6. The highest BCUT2D eigenvalue weighted by atomic mass is 35.5. The largest absolute Gasteiger partial charge is 0.298 e. The summed E-state index contributed by atoms with van der Waals surface area (Å²) in [5.41, 5.74) is 1.69. The maximum Gasteiger partial charge on any atom is 0.150 e. The summed E-state index contributed by atoms with van der Waals surface area (Å²) in [6.45, 7) is 0. The Morgan fingerprint density at radius 2 is 1.78 bits per heavy atom. The summed E-state index contributed by atoms with van der Waals surface area (Å²) < 4.78 is 0. The summed E-state index contributed by atoms with van der Waals surface area (Å²) in [6, 6.07) is 12.9. The lowest BCUT2D eigenvalue weighted by atomic mass is 10.2. The molecule has 2 aromatic rings. The molecule has 0 aliphatic heterocycles. The number of carbonyl (C=O) groups is 1. The monoisotopic (exact) mass is 296 g/mol. The van der Waals surface area contributed by atoms with Crippen LogP contribution < -0.4 is 0 Å². The van der Waals surface area contributed by atoms with Crippen molar-refractivity contribution in [2.75, 3.05) is 0 Å². The van der Waals surface area contributed by atoms with Gasteiger partial charge in [0.1, 0.15) is 6.29 Å². The molecule has 0 radical (unpaired) electrons. The molecule has 0 unspecified atom stereocenters. The topological polar surface area (TPSA) is 17.1 Å². The van der Waals surface area contributed by atoms with Crippen molar-refractivity contribution in [2.24, 2.45) is 0 Å². The Bertz CT molecular complexity index is 552. The molecule has 0 aromatic heterocycles. The van der Waals surface area contributed by atoms with E-state index in [0.717, 1.165) is 27.5 Å². The Kier molecular flexibility index (Phi) is 4.70. The fourth-order valence-electron chi connectivity index (χ4n) is 1.46. The van der Waals surface area contributed by atoms with E-state index in [9.17, 15) is 4.79 Å². The minimum Gasteiger partial charge on any atom is -0.298 e. The third-order valence-corrected chi connectivity index (χ3v) is 4.08. The average Bonchev–Trinajstić information content (AvgIpc) is 2.40. The van der Waals surface area contributed by atoms with Gasteiger partial charge in [-0.1, -0.05) is 35.3 Å². The van der Waals surface area contributed by atoms with Crippen LogP contribution >= 0.6 is 35.0 Å². The van der Waals surface area contributed by atoms with Crippen LogP contribution in [0.5, 0.6) is 0 Å². The molecule has 92 valence electrons. The Hall–Kier alpha value is -0.960. The van der Waals surface area contributed by atoms with Gasteiger partial charge in [-0.25, -0.2) is 0 Å². The maximum atomic E-state index is 10.5. The Morgan fingerprint density at radius 3 is 2.44 bits per heavy atom. The van der Waals surface area contributed by atoms with E-state index >= 15 is 0 Å². The van der Waals surface area contributed by atoms with Gasteiger partial charge in [-0.3, -0.25) is 4.79 Å². The van der Waals surface area contributed by atoms with Crippen molar-refractivity contribution >= 4 is 41.2 Å². The average molecular weight is 297 g/mol. The zero-order chi connectivity index (χ0) is 13.0. The minimum absolute atomic E-state index is 0.681. The lowest BCUT2D eigenvalue weighted by molar-refractivity contribution is 0.112. The smallest absolute Gasteiger partial charge is 0.150 e. The fraction of sp³-hybridized carbons (Fsp3) is 0.0714. The van der Waals surface area contributed by atoms with Gasteiger partial charge in [-0.05, 0) is 35.9 Å². The molecule has 0 amide bonds. The Labute approximate surface area is 120 Å². The van der Waals surface area contributed by atoms with Crippen molar-refractivity contribution in [3.63, 3.8) is 0 Å². The van der Waals surface area contributed by atoms with Crippen molar-refractivity contribution in [3.8, 4) is 0 Å². The normalized spacial score (nSPS) is 10.3. The highest BCUT2D eigenvalue weighted by Gasteiger charge is 2.03. The number of halogens is 2. The molecule has 0 bridgehead atoms. The van der Waals surface area contributed by atoms with Crippen molar-refractivity contribution < 1.29 is 4.79 Å². The van der Waals surface area contributed by atoms with Gasteiger partial charge < -0.3 is 0 Å². The fourth-order valence-corrected chi connectivity index (χ4v) is 2.81. The minimum atomic E-state index is 0.681. The summed E-state index contributed by atoms with van der Waals surface area (Å²) >= 11 is 13.7. The summed E-state index contributed by atoms with van der Waals surface area (Å²) in [5, 5.41) is 1.41. The molecule has 1 nitrogen and oxygen atoms in total. The lowest BCUT2D eigenvalue weighted by Gasteiger charge is -2.05. The van der Waals surface area contributed by atoms with Gasteiger partial charge in [0.05, 0.1) is 0 Å². The molecule has 0 spiro atoms. The van der Waals surface area contributed by atoms with Crippen LogP contribution in [0, 0.1) is 0 Å². The van der Waals surface area contributed by atoms with Gasteiger partial charge >= 0.3 is 0 Å². The first kappa shape index (κ1) is 13.5. The van der Waals surface area contributed by atoms with Gasteiger partial charge in [0.15, 0.2) is 0 Å². The molecule has 0 saturated carbocycles. The SMILES string of the molecule is O=Cc1ccc(SCc2cc(Cl)ccc2Cl)cc1. The van der Waals surface area contributed by atoms with E-state index in [1.807, 2.05) is 18.2 Å². The predicted octanol–water partition coefficient (Wildman–Crippen LogP) is 5.10. The van der Waals surface area contributed by atoms with Gasteiger partial charge in [-0.2, -0.15) is 0 Å². The van der Waals surface area contributed by atoms with Gasteiger partial charge in [-0.15, -0.1) is 11.8 Å². The molecule has 0 aliphatic rings. The van der Waals surface area contributed by atoms with Gasteiger partial charge in [0.25, 0.3) is 0 Å². The first-order valence-corrected chi connectivity index (χ1v) is 7.05. The first-order valence-electron chi connectivity index (χ1n) is 5.31. The van der Waals surface area contributed by atoms with E-state index < -0.39 is 0 Å². The van der Waals surface area contributed by atoms with Crippen LogP contribution in [0.2, 0.25) is 10.0 Å². The van der Waals surface area contributed by atoms with Crippen LogP contribution in [0.15, 0.2) is 47.4 Å². The van der Waals surface area contributed by atoms with Crippen molar-refractivity contribution in [3.05, 3.63) is 63.6 Å². The van der Waals surface area contributed by atoms with Gasteiger partial charge in [0.2, 0.25) is 0 Å². The maximum absolute atomic E-state index is 10.5. The molecule has 0 fully saturated rings. The van der Waals surface area contributed by atoms with E-state index in [-0.39, 0.29) is 0 Å². The zero-order valence-electron chi connectivity index (χ0n) is 9.40. The summed E-state index contributed by atoms with van der Waals surface area (Å²) in [6.07, 6.45) is 0.836. The van der Waals surface area contributed by atoms with Crippen LogP contribution in [0.4, 0.5) is 0 Å². The molecule has 0 N–H and O–H groups in total. The quantitative estimate of drug-likeness (QED) is 0.577. The van der Waals surface area contributed by atoms with Gasteiger partial charge in [0, 0.05) is 26.3 Å². The molecule has 0 aliphatic carbocycles.